The lowest BCUT2D eigenvalue weighted by Crippen LogP contribution is -2.44. The van der Waals surface area contributed by atoms with Gasteiger partial charge in [0.1, 0.15) is 5.82 Å². The zero-order valence-electron chi connectivity index (χ0n) is 12.2. The molecule has 0 N–H and O–H groups in total. The first-order valence-electron chi connectivity index (χ1n) is 7.03. The van der Waals surface area contributed by atoms with Crippen molar-refractivity contribution in [3.8, 4) is 5.75 Å². The molecule has 1 saturated heterocycles. The van der Waals surface area contributed by atoms with E-state index in [0.717, 1.165) is 45.2 Å². The molecular formula is C15H22F2N2O. The normalized spacial score (nSPS) is 17.4. The lowest BCUT2D eigenvalue weighted by Gasteiger charge is -2.32. The molecule has 1 aliphatic rings. The van der Waals surface area contributed by atoms with Crippen LogP contribution in [0.25, 0.3) is 0 Å². The Balaban J connectivity index is 1.83. The van der Waals surface area contributed by atoms with E-state index >= 15 is 0 Å². The number of ether oxygens (including phenoxy) is 1. The van der Waals surface area contributed by atoms with Crippen molar-refractivity contribution in [3.05, 3.63) is 29.3 Å². The van der Waals surface area contributed by atoms with Gasteiger partial charge in [-0.15, -0.1) is 0 Å². The molecule has 1 heterocycles. The summed E-state index contributed by atoms with van der Waals surface area (Å²) in [6.07, 6.45) is 1.39. The summed E-state index contributed by atoms with van der Waals surface area (Å²) in [5.74, 6) is -0.921. The number of hydrogen-bond acceptors (Lipinski definition) is 3. The third-order valence-corrected chi connectivity index (χ3v) is 3.84. The summed E-state index contributed by atoms with van der Waals surface area (Å²) in [6, 6.07) is 2.37. The molecule has 1 aliphatic heterocycles. The van der Waals surface area contributed by atoms with Gasteiger partial charge in [-0.3, -0.25) is 0 Å². The maximum atomic E-state index is 13.8. The van der Waals surface area contributed by atoms with E-state index in [1.807, 2.05) is 0 Å². The summed E-state index contributed by atoms with van der Waals surface area (Å²) in [5.41, 5.74) is 0.428. The maximum Gasteiger partial charge on any atom is 0.165 e. The van der Waals surface area contributed by atoms with Crippen molar-refractivity contribution in [1.82, 2.24) is 9.80 Å². The van der Waals surface area contributed by atoms with Crippen LogP contribution in [0.3, 0.4) is 0 Å². The standard InChI is InChI=1S/C15H22F2N2O/c1-18-6-8-19(9-7-18)5-3-4-12-10-14(17)15(20-2)11-13(12)16/h10-11H,3-9H2,1-2H3. The first-order valence-corrected chi connectivity index (χ1v) is 7.03. The molecule has 1 fully saturated rings. The number of nitrogens with zero attached hydrogens (tertiary/aromatic N) is 2. The van der Waals surface area contributed by atoms with Gasteiger partial charge in [0.05, 0.1) is 7.11 Å². The minimum Gasteiger partial charge on any atom is -0.494 e. The van der Waals surface area contributed by atoms with Gasteiger partial charge in [-0.1, -0.05) is 0 Å². The second-order valence-electron chi connectivity index (χ2n) is 5.33. The van der Waals surface area contributed by atoms with Crippen LogP contribution in [0.5, 0.6) is 5.75 Å². The fourth-order valence-electron chi connectivity index (χ4n) is 2.48. The molecule has 5 heteroatoms. The largest absolute Gasteiger partial charge is 0.494 e. The number of halogens is 2. The second kappa shape index (κ2) is 6.99. The average molecular weight is 284 g/mol. The van der Waals surface area contributed by atoms with Crippen LogP contribution >= 0.6 is 0 Å². The number of likely N-dealkylation sites (N-methyl/N-ethyl adjacent to an activating group) is 1. The molecule has 0 atom stereocenters. The number of hydrogen-bond donors (Lipinski definition) is 0. The van der Waals surface area contributed by atoms with Crippen LogP contribution in [0.4, 0.5) is 8.78 Å². The predicted octanol–water partition coefficient (Wildman–Crippen LogP) is 2.15. The molecule has 0 radical (unpaired) electrons. The third kappa shape index (κ3) is 3.90. The summed E-state index contributed by atoms with van der Waals surface area (Å²) in [5, 5.41) is 0. The van der Waals surface area contributed by atoms with Crippen LogP contribution in [0, 0.1) is 11.6 Å². The first-order chi connectivity index (χ1) is 9.60. The van der Waals surface area contributed by atoms with Crippen LogP contribution in [0.15, 0.2) is 12.1 Å². The van der Waals surface area contributed by atoms with Gasteiger partial charge in [0, 0.05) is 32.2 Å². The highest BCUT2D eigenvalue weighted by molar-refractivity contribution is 5.30. The van der Waals surface area contributed by atoms with Crippen LogP contribution in [0.2, 0.25) is 0 Å². The van der Waals surface area contributed by atoms with Crippen molar-refractivity contribution in [2.24, 2.45) is 0 Å². The van der Waals surface area contributed by atoms with Crippen molar-refractivity contribution in [2.45, 2.75) is 12.8 Å². The van der Waals surface area contributed by atoms with E-state index in [4.69, 9.17) is 4.74 Å². The van der Waals surface area contributed by atoms with Crippen molar-refractivity contribution in [1.29, 1.82) is 0 Å². The Morgan fingerprint density at radius 2 is 1.80 bits per heavy atom. The van der Waals surface area contributed by atoms with Crippen LogP contribution < -0.4 is 4.74 Å². The Kier molecular flexibility index (Phi) is 5.31. The zero-order valence-corrected chi connectivity index (χ0v) is 12.2. The molecule has 0 amide bonds. The minimum absolute atomic E-state index is 0.0367. The van der Waals surface area contributed by atoms with E-state index in [2.05, 4.69) is 16.8 Å². The Morgan fingerprint density at radius 3 is 2.45 bits per heavy atom. The topological polar surface area (TPSA) is 15.7 Å². The SMILES string of the molecule is COc1cc(F)c(CCCN2CCN(C)CC2)cc1F. The van der Waals surface area contributed by atoms with Crippen molar-refractivity contribution < 1.29 is 13.5 Å². The smallest absolute Gasteiger partial charge is 0.165 e. The quantitative estimate of drug-likeness (QED) is 0.824. The number of piperazine rings is 1. The molecule has 3 nitrogen and oxygen atoms in total. The van der Waals surface area contributed by atoms with Crippen LogP contribution in [-0.2, 0) is 6.42 Å². The molecule has 0 aliphatic carbocycles. The molecule has 1 aromatic rings. The summed E-state index contributed by atoms with van der Waals surface area (Å²) >= 11 is 0. The summed E-state index contributed by atoms with van der Waals surface area (Å²) in [7, 11) is 3.46. The molecule has 0 spiro atoms. The number of rotatable bonds is 5. The van der Waals surface area contributed by atoms with Gasteiger partial charge < -0.3 is 14.5 Å². The van der Waals surface area contributed by atoms with Crippen LogP contribution in [-0.4, -0.2) is 56.7 Å². The van der Waals surface area contributed by atoms with Crippen molar-refractivity contribution >= 4 is 0 Å². The fourth-order valence-corrected chi connectivity index (χ4v) is 2.48. The van der Waals surface area contributed by atoms with Gasteiger partial charge >= 0.3 is 0 Å². The minimum atomic E-state index is -0.497. The highest BCUT2D eigenvalue weighted by atomic mass is 19.1. The Bertz CT molecular complexity index is 446. The van der Waals surface area contributed by atoms with E-state index in [1.165, 1.54) is 13.2 Å². The molecular weight excluding hydrogens is 262 g/mol. The van der Waals surface area contributed by atoms with E-state index < -0.39 is 5.82 Å². The van der Waals surface area contributed by atoms with E-state index in [1.54, 1.807) is 0 Å². The Hall–Kier alpha value is -1.20. The number of benzene rings is 1. The van der Waals surface area contributed by atoms with Gasteiger partial charge in [-0.05, 0) is 38.1 Å². The van der Waals surface area contributed by atoms with Gasteiger partial charge in [-0.2, -0.15) is 0 Å². The highest BCUT2D eigenvalue weighted by Gasteiger charge is 2.14. The van der Waals surface area contributed by atoms with Crippen molar-refractivity contribution in [2.75, 3.05) is 46.9 Å². The molecule has 0 saturated carbocycles. The lowest BCUT2D eigenvalue weighted by molar-refractivity contribution is 0.153. The van der Waals surface area contributed by atoms with E-state index in [-0.39, 0.29) is 11.6 Å². The molecule has 112 valence electrons. The summed E-state index contributed by atoms with van der Waals surface area (Å²) in [4.78, 5) is 4.67. The van der Waals surface area contributed by atoms with Gasteiger partial charge in [0.2, 0.25) is 0 Å². The molecule has 0 aromatic heterocycles. The molecule has 0 bridgehead atoms. The van der Waals surface area contributed by atoms with Gasteiger partial charge in [0.15, 0.2) is 11.6 Å². The van der Waals surface area contributed by atoms with Crippen molar-refractivity contribution in [3.63, 3.8) is 0 Å². The zero-order chi connectivity index (χ0) is 14.5. The fraction of sp³-hybridized carbons (Fsp3) is 0.600. The summed E-state index contributed by atoms with van der Waals surface area (Å²) in [6.45, 7) is 5.18. The monoisotopic (exact) mass is 284 g/mol. The van der Waals surface area contributed by atoms with Gasteiger partial charge in [0.25, 0.3) is 0 Å². The van der Waals surface area contributed by atoms with Crippen LogP contribution in [0.1, 0.15) is 12.0 Å². The summed E-state index contributed by atoms with van der Waals surface area (Å²) < 4.78 is 32.1. The molecule has 0 unspecified atom stereocenters. The predicted molar refractivity (Wildman–Crippen MR) is 75.2 cm³/mol. The molecule has 1 aromatic carbocycles. The Labute approximate surface area is 119 Å². The first kappa shape index (κ1) is 15.2. The molecule has 20 heavy (non-hydrogen) atoms. The Morgan fingerprint density at radius 1 is 1.10 bits per heavy atom. The number of aryl methyl sites for hydroxylation is 1. The lowest BCUT2D eigenvalue weighted by atomic mass is 10.1. The third-order valence-electron chi connectivity index (χ3n) is 3.84. The van der Waals surface area contributed by atoms with E-state index in [0.29, 0.717) is 12.0 Å². The maximum absolute atomic E-state index is 13.8. The number of methoxy groups -OCH3 is 1. The highest BCUT2D eigenvalue weighted by Crippen LogP contribution is 2.22. The second-order valence-corrected chi connectivity index (χ2v) is 5.33. The van der Waals surface area contributed by atoms with E-state index in [9.17, 15) is 8.78 Å². The van der Waals surface area contributed by atoms with Gasteiger partial charge in [-0.25, -0.2) is 8.78 Å². The molecule has 2 rings (SSSR count). The average Bonchev–Trinajstić information content (AvgIpc) is 2.44.